The number of rotatable bonds is 6. The van der Waals surface area contributed by atoms with E-state index in [1.165, 1.54) is 27.6 Å². The molecular formula is C23H25ClFN5O2. The van der Waals surface area contributed by atoms with Crippen LogP contribution in [-0.4, -0.2) is 43.2 Å². The second-order valence-electron chi connectivity index (χ2n) is 8.03. The molecule has 3 aromatic rings. The molecule has 1 fully saturated rings. The normalized spacial score (nSPS) is 14.7. The third-order valence-electron chi connectivity index (χ3n) is 5.80. The maximum atomic E-state index is 13.5. The Bertz CT molecular complexity index is 1150. The highest BCUT2D eigenvalue weighted by molar-refractivity contribution is 6.33. The Morgan fingerprint density at radius 3 is 2.56 bits per heavy atom. The van der Waals surface area contributed by atoms with Crippen LogP contribution in [0.4, 0.5) is 4.39 Å². The van der Waals surface area contributed by atoms with Gasteiger partial charge in [0.2, 0.25) is 5.91 Å². The average molecular weight is 458 g/mol. The molecule has 0 radical (unpaired) electrons. The first kappa shape index (κ1) is 22.2. The van der Waals surface area contributed by atoms with Crippen LogP contribution in [0.25, 0.3) is 17.1 Å². The van der Waals surface area contributed by atoms with Crippen molar-refractivity contribution in [1.29, 1.82) is 0 Å². The summed E-state index contributed by atoms with van der Waals surface area (Å²) in [6.07, 6.45) is 6.13. The summed E-state index contributed by atoms with van der Waals surface area (Å²) in [5.74, 6) is 0.417. The van der Waals surface area contributed by atoms with Gasteiger partial charge in [-0.05, 0) is 55.5 Å². The highest BCUT2D eigenvalue weighted by Crippen LogP contribution is 2.27. The summed E-state index contributed by atoms with van der Waals surface area (Å²) in [4.78, 5) is 31.4. The Balaban J connectivity index is 1.64. The minimum absolute atomic E-state index is 0.193. The molecule has 1 aliphatic heterocycles. The number of carbonyl (C=O) groups excluding carboxylic acids is 1. The monoisotopic (exact) mass is 457 g/mol. The fourth-order valence-corrected chi connectivity index (χ4v) is 4.27. The summed E-state index contributed by atoms with van der Waals surface area (Å²) in [5.41, 5.74) is 0.760. The van der Waals surface area contributed by atoms with Crippen molar-refractivity contribution in [1.82, 2.24) is 24.2 Å². The summed E-state index contributed by atoms with van der Waals surface area (Å²) < 4.78 is 16.4. The van der Waals surface area contributed by atoms with Crippen molar-refractivity contribution in [3.8, 4) is 17.1 Å². The molecule has 0 aliphatic carbocycles. The molecule has 2 aromatic heterocycles. The third-order valence-corrected chi connectivity index (χ3v) is 6.10. The Hall–Kier alpha value is -3.00. The molecule has 4 rings (SSSR count). The lowest BCUT2D eigenvalue weighted by Crippen LogP contribution is -2.40. The first-order valence-corrected chi connectivity index (χ1v) is 11.2. The molecule has 1 aliphatic rings. The number of likely N-dealkylation sites (tertiary alicyclic amines) is 1. The summed E-state index contributed by atoms with van der Waals surface area (Å²) in [5, 5.41) is 4.97. The van der Waals surface area contributed by atoms with Crippen molar-refractivity contribution < 1.29 is 9.18 Å². The predicted octanol–water partition coefficient (Wildman–Crippen LogP) is 3.93. The number of halogens is 2. The minimum Gasteiger partial charge on any atom is -0.343 e. The fourth-order valence-electron chi connectivity index (χ4n) is 4.06. The van der Waals surface area contributed by atoms with Gasteiger partial charge in [0.25, 0.3) is 0 Å². The van der Waals surface area contributed by atoms with E-state index in [1.54, 1.807) is 24.4 Å². The molecule has 32 heavy (non-hydrogen) atoms. The average Bonchev–Trinajstić information content (AvgIpc) is 3.11. The quantitative estimate of drug-likeness (QED) is 0.562. The highest BCUT2D eigenvalue weighted by atomic mass is 35.5. The van der Waals surface area contributed by atoms with Crippen LogP contribution in [0.1, 0.15) is 32.6 Å². The van der Waals surface area contributed by atoms with Crippen LogP contribution >= 0.6 is 11.6 Å². The molecule has 0 unspecified atom stereocenters. The van der Waals surface area contributed by atoms with E-state index in [4.69, 9.17) is 11.6 Å². The molecule has 9 heteroatoms. The molecule has 0 spiro atoms. The SMILES string of the molecule is CCCC(=O)N1CCC(Cn2nc(-c3ccncc3Cl)n(-c3ccc(F)cc3)c2=O)CC1. The van der Waals surface area contributed by atoms with Crippen molar-refractivity contribution in [2.24, 2.45) is 5.92 Å². The van der Waals surface area contributed by atoms with Gasteiger partial charge >= 0.3 is 5.69 Å². The molecule has 7 nitrogen and oxygen atoms in total. The zero-order chi connectivity index (χ0) is 22.7. The molecule has 3 heterocycles. The summed E-state index contributed by atoms with van der Waals surface area (Å²) in [6.45, 7) is 3.83. The van der Waals surface area contributed by atoms with E-state index in [0.29, 0.717) is 48.2 Å². The first-order chi connectivity index (χ1) is 15.5. The number of aromatic nitrogens is 4. The van der Waals surface area contributed by atoms with E-state index >= 15 is 0 Å². The van der Waals surface area contributed by atoms with E-state index in [1.807, 2.05) is 11.8 Å². The van der Waals surface area contributed by atoms with E-state index in [-0.39, 0.29) is 23.3 Å². The van der Waals surface area contributed by atoms with Gasteiger partial charge < -0.3 is 4.90 Å². The Morgan fingerprint density at radius 2 is 1.91 bits per heavy atom. The molecule has 0 N–H and O–H groups in total. The van der Waals surface area contributed by atoms with Gasteiger partial charge in [0, 0.05) is 44.0 Å². The van der Waals surface area contributed by atoms with Gasteiger partial charge in [0.05, 0.1) is 10.7 Å². The van der Waals surface area contributed by atoms with E-state index in [2.05, 4.69) is 10.1 Å². The van der Waals surface area contributed by atoms with E-state index in [9.17, 15) is 14.0 Å². The molecule has 168 valence electrons. The second-order valence-corrected chi connectivity index (χ2v) is 8.44. The standard InChI is InChI=1S/C23H25ClFN5O2/c1-2-3-21(31)28-12-9-16(10-13-28)15-29-23(32)30(18-6-4-17(25)5-7-18)22(27-29)19-8-11-26-14-20(19)24/h4-8,11,14,16H,2-3,9-10,12-13,15H2,1H3. The van der Waals surface area contributed by atoms with Gasteiger partial charge in [-0.15, -0.1) is 5.10 Å². The number of amides is 1. The van der Waals surface area contributed by atoms with Gasteiger partial charge in [0.15, 0.2) is 5.82 Å². The number of pyridine rings is 1. The maximum absolute atomic E-state index is 13.5. The van der Waals surface area contributed by atoms with Crippen LogP contribution in [0.2, 0.25) is 5.02 Å². The molecular weight excluding hydrogens is 433 g/mol. The van der Waals surface area contributed by atoms with Crippen molar-refractivity contribution in [2.75, 3.05) is 13.1 Å². The largest absolute Gasteiger partial charge is 0.350 e. The summed E-state index contributed by atoms with van der Waals surface area (Å²) in [6, 6.07) is 7.39. The van der Waals surface area contributed by atoms with Gasteiger partial charge in [-0.2, -0.15) is 0 Å². The molecule has 1 amide bonds. The molecule has 0 saturated carbocycles. The zero-order valence-corrected chi connectivity index (χ0v) is 18.6. The number of carbonyl (C=O) groups is 1. The minimum atomic E-state index is -0.387. The van der Waals surface area contributed by atoms with Crippen LogP contribution < -0.4 is 5.69 Å². The molecule has 1 aromatic carbocycles. The van der Waals surface area contributed by atoms with Gasteiger partial charge in [0.1, 0.15) is 5.82 Å². The maximum Gasteiger partial charge on any atom is 0.350 e. The van der Waals surface area contributed by atoms with E-state index < -0.39 is 0 Å². The van der Waals surface area contributed by atoms with Crippen LogP contribution in [0.3, 0.4) is 0 Å². The van der Waals surface area contributed by atoms with Crippen LogP contribution in [0.5, 0.6) is 0 Å². The molecule has 1 saturated heterocycles. The van der Waals surface area contributed by atoms with Crippen LogP contribution in [-0.2, 0) is 11.3 Å². The lowest BCUT2D eigenvalue weighted by molar-refractivity contribution is -0.132. The van der Waals surface area contributed by atoms with Gasteiger partial charge in [-0.3, -0.25) is 9.78 Å². The molecule has 0 bridgehead atoms. The van der Waals surface area contributed by atoms with Gasteiger partial charge in [-0.25, -0.2) is 18.4 Å². The van der Waals surface area contributed by atoms with Crippen molar-refractivity contribution in [3.63, 3.8) is 0 Å². The highest BCUT2D eigenvalue weighted by Gasteiger charge is 2.25. The topological polar surface area (TPSA) is 73.0 Å². The fraction of sp³-hybridized carbons (Fsp3) is 0.391. The Morgan fingerprint density at radius 1 is 1.19 bits per heavy atom. The smallest absolute Gasteiger partial charge is 0.343 e. The Labute approximate surface area is 190 Å². The third kappa shape index (κ3) is 4.60. The number of hydrogen-bond acceptors (Lipinski definition) is 4. The van der Waals surface area contributed by atoms with Gasteiger partial charge in [-0.1, -0.05) is 18.5 Å². The van der Waals surface area contributed by atoms with Crippen molar-refractivity contribution >= 4 is 17.5 Å². The lowest BCUT2D eigenvalue weighted by Gasteiger charge is -2.31. The lowest BCUT2D eigenvalue weighted by atomic mass is 9.96. The molecule has 0 atom stereocenters. The van der Waals surface area contributed by atoms with Crippen molar-refractivity contribution in [3.05, 3.63) is 64.0 Å². The predicted molar refractivity (Wildman–Crippen MR) is 120 cm³/mol. The summed E-state index contributed by atoms with van der Waals surface area (Å²) >= 11 is 6.34. The number of nitrogens with zero attached hydrogens (tertiary/aromatic N) is 5. The zero-order valence-electron chi connectivity index (χ0n) is 17.9. The Kier molecular flexibility index (Phi) is 6.69. The van der Waals surface area contributed by atoms with Crippen LogP contribution in [0, 0.1) is 11.7 Å². The summed E-state index contributed by atoms with van der Waals surface area (Å²) in [7, 11) is 0. The number of piperidine rings is 1. The van der Waals surface area contributed by atoms with Crippen LogP contribution in [0.15, 0.2) is 47.5 Å². The number of hydrogen-bond donors (Lipinski definition) is 0. The number of benzene rings is 1. The second kappa shape index (κ2) is 9.65. The van der Waals surface area contributed by atoms with Crippen molar-refractivity contribution in [2.45, 2.75) is 39.2 Å². The van der Waals surface area contributed by atoms with E-state index in [0.717, 1.165) is 19.3 Å². The first-order valence-electron chi connectivity index (χ1n) is 10.8.